The van der Waals surface area contributed by atoms with E-state index in [0.29, 0.717) is 30.0 Å². The van der Waals surface area contributed by atoms with E-state index in [4.69, 9.17) is 15.2 Å². The van der Waals surface area contributed by atoms with Crippen LogP contribution in [0.25, 0.3) is 16.6 Å². The number of nitrogens with one attached hydrogen (secondary N) is 2. The van der Waals surface area contributed by atoms with E-state index in [9.17, 15) is 14.4 Å². The largest absolute Gasteiger partial charge is 0.445 e. The van der Waals surface area contributed by atoms with Gasteiger partial charge < -0.3 is 30.7 Å². The first-order valence-electron chi connectivity index (χ1n) is 14.1. The number of pyridine rings is 1. The predicted molar refractivity (Wildman–Crippen MR) is 160 cm³/mol. The van der Waals surface area contributed by atoms with E-state index in [-0.39, 0.29) is 49.3 Å². The van der Waals surface area contributed by atoms with Gasteiger partial charge in [0.05, 0.1) is 35.2 Å². The number of carbonyl (C=O) groups is 3. The van der Waals surface area contributed by atoms with Crippen molar-refractivity contribution in [3.63, 3.8) is 0 Å². The third kappa shape index (κ3) is 6.92. The molecule has 12 heteroatoms. The first kappa shape index (κ1) is 29.5. The van der Waals surface area contributed by atoms with Crippen molar-refractivity contribution in [2.75, 3.05) is 32.1 Å². The van der Waals surface area contributed by atoms with Gasteiger partial charge in [0.25, 0.3) is 5.91 Å². The van der Waals surface area contributed by atoms with Crippen LogP contribution >= 0.6 is 0 Å². The molecule has 1 aliphatic heterocycles. The van der Waals surface area contributed by atoms with Crippen LogP contribution in [-0.2, 0) is 27.4 Å². The number of rotatable bonds is 11. The molecule has 1 aromatic carbocycles. The molecule has 4 heterocycles. The molecule has 43 heavy (non-hydrogen) atoms. The van der Waals surface area contributed by atoms with Gasteiger partial charge in [0.15, 0.2) is 0 Å². The van der Waals surface area contributed by atoms with Crippen molar-refractivity contribution in [2.24, 2.45) is 11.7 Å². The first-order chi connectivity index (χ1) is 20.9. The van der Waals surface area contributed by atoms with E-state index < -0.39 is 5.91 Å². The molecular formula is C31H35N7O5. The number of amides is 3. The Morgan fingerprint density at radius 2 is 1.88 bits per heavy atom. The molecule has 4 N–H and O–H groups in total. The second-order valence-electron chi connectivity index (χ2n) is 10.5. The van der Waals surface area contributed by atoms with Gasteiger partial charge in [-0.05, 0) is 30.0 Å². The summed E-state index contributed by atoms with van der Waals surface area (Å²) < 4.78 is 12.1. The lowest BCUT2D eigenvalue weighted by molar-refractivity contribution is -0.124. The van der Waals surface area contributed by atoms with E-state index >= 15 is 0 Å². The zero-order chi connectivity index (χ0) is 30.3. The molecule has 2 atom stereocenters. The summed E-state index contributed by atoms with van der Waals surface area (Å²) in [5, 5.41) is 10.7. The molecule has 5 rings (SSSR count). The molecule has 0 spiro atoms. The van der Waals surface area contributed by atoms with Crippen molar-refractivity contribution in [1.29, 1.82) is 0 Å². The van der Waals surface area contributed by atoms with Gasteiger partial charge in [-0.1, -0.05) is 43.3 Å². The molecule has 0 saturated carbocycles. The molecule has 0 bridgehead atoms. The summed E-state index contributed by atoms with van der Waals surface area (Å²) in [4.78, 5) is 43.2. The minimum Gasteiger partial charge on any atom is -0.445 e. The molecule has 1 fully saturated rings. The van der Waals surface area contributed by atoms with Crippen molar-refractivity contribution in [2.45, 2.75) is 32.5 Å². The van der Waals surface area contributed by atoms with E-state index in [1.807, 2.05) is 54.7 Å². The number of likely N-dealkylation sites (tertiary alicyclic amines) is 1. The Bertz CT molecular complexity index is 1590. The van der Waals surface area contributed by atoms with Gasteiger partial charge in [-0.2, -0.15) is 5.10 Å². The number of benzene rings is 1. The standard InChI is InChI=1S/C31H35N7O5/c1-3-21-15-37(31(41)43-18-20-7-5-4-6-8-20)17-26(21)36-29-25(30(32)40)14-35-38-16-23(11-27(29)38)22-9-10-24(33-12-22)13-34-28(39)19-42-2/h4-12,14,16,21,26,36H,3,13,15,17-19H2,1-2H3,(H2,32,40)(H,34,39)/t21-,26+/m0/s1. The van der Waals surface area contributed by atoms with Crippen LogP contribution in [0, 0.1) is 5.92 Å². The number of nitrogens with zero attached hydrogens (tertiary/aromatic N) is 4. The number of fused-ring (bicyclic) bond motifs is 1. The smallest absolute Gasteiger partial charge is 0.410 e. The minimum atomic E-state index is -0.605. The fourth-order valence-electron chi connectivity index (χ4n) is 5.22. The lowest BCUT2D eigenvalue weighted by Crippen LogP contribution is -2.33. The number of primary amides is 1. The highest BCUT2D eigenvalue weighted by Gasteiger charge is 2.36. The summed E-state index contributed by atoms with van der Waals surface area (Å²) in [6.45, 7) is 3.50. The predicted octanol–water partition coefficient (Wildman–Crippen LogP) is 3.22. The van der Waals surface area contributed by atoms with Gasteiger partial charge in [-0.15, -0.1) is 0 Å². The Hall–Kier alpha value is -4.97. The second kappa shape index (κ2) is 13.3. The average Bonchev–Trinajstić information content (AvgIpc) is 3.64. The number of hydrogen-bond donors (Lipinski definition) is 3. The van der Waals surface area contributed by atoms with Crippen molar-refractivity contribution in [3.05, 3.63) is 83.9 Å². The summed E-state index contributed by atoms with van der Waals surface area (Å²) in [6, 6.07) is 15.1. The van der Waals surface area contributed by atoms with Crippen LogP contribution in [0.4, 0.5) is 10.5 Å². The van der Waals surface area contributed by atoms with Crippen molar-refractivity contribution in [3.8, 4) is 11.1 Å². The summed E-state index contributed by atoms with van der Waals surface area (Å²) in [6.07, 6.45) is 5.47. The molecule has 1 aliphatic rings. The normalized spacial score (nSPS) is 16.3. The quantitative estimate of drug-likeness (QED) is 0.243. The van der Waals surface area contributed by atoms with E-state index in [0.717, 1.165) is 23.1 Å². The van der Waals surface area contributed by atoms with Crippen LogP contribution in [0.2, 0.25) is 0 Å². The number of hydrogen-bond acceptors (Lipinski definition) is 8. The van der Waals surface area contributed by atoms with Crippen LogP contribution in [0.15, 0.2) is 67.1 Å². The third-order valence-electron chi connectivity index (χ3n) is 7.56. The number of anilines is 1. The highest BCUT2D eigenvalue weighted by atomic mass is 16.6. The van der Waals surface area contributed by atoms with Crippen LogP contribution in [0.5, 0.6) is 0 Å². The Morgan fingerprint density at radius 1 is 1.07 bits per heavy atom. The lowest BCUT2D eigenvalue weighted by atomic mass is 10.00. The van der Waals surface area contributed by atoms with Crippen molar-refractivity contribution >= 4 is 29.1 Å². The number of aromatic nitrogens is 3. The molecule has 0 radical (unpaired) electrons. The van der Waals surface area contributed by atoms with Gasteiger partial charge in [0, 0.05) is 49.8 Å². The molecule has 224 valence electrons. The van der Waals surface area contributed by atoms with Crippen LogP contribution in [0.3, 0.4) is 0 Å². The van der Waals surface area contributed by atoms with Crippen LogP contribution < -0.4 is 16.4 Å². The second-order valence-corrected chi connectivity index (χ2v) is 10.5. The monoisotopic (exact) mass is 585 g/mol. The van der Waals surface area contributed by atoms with Crippen LogP contribution in [0.1, 0.15) is 35.0 Å². The van der Waals surface area contributed by atoms with Gasteiger partial charge in [0.2, 0.25) is 5.91 Å². The molecule has 12 nitrogen and oxygen atoms in total. The van der Waals surface area contributed by atoms with Crippen molar-refractivity contribution in [1.82, 2.24) is 24.8 Å². The molecule has 4 aromatic rings. The summed E-state index contributed by atoms with van der Waals surface area (Å²) in [7, 11) is 1.46. The van der Waals surface area contributed by atoms with Gasteiger partial charge >= 0.3 is 6.09 Å². The molecule has 3 amide bonds. The molecule has 0 aliphatic carbocycles. The Balaban J connectivity index is 1.34. The highest BCUT2D eigenvalue weighted by Crippen LogP contribution is 2.32. The zero-order valence-electron chi connectivity index (χ0n) is 24.2. The Morgan fingerprint density at radius 3 is 2.58 bits per heavy atom. The van der Waals surface area contributed by atoms with Gasteiger partial charge in [-0.25, -0.2) is 9.31 Å². The zero-order valence-corrected chi connectivity index (χ0v) is 24.2. The maximum Gasteiger partial charge on any atom is 0.410 e. The molecule has 1 saturated heterocycles. The summed E-state index contributed by atoms with van der Waals surface area (Å²) in [5.41, 5.74) is 10.5. The van der Waals surface area contributed by atoms with E-state index in [1.165, 1.54) is 13.3 Å². The minimum absolute atomic E-state index is 0.0116. The number of methoxy groups -OCH3 is 1. The third-order valence-corrected chi connectivity index (χ3v) is 7.56. The number of carbonyl (C=O) groups excluding carboxylic acids is 3. The van der Waals surface area contributed by atoms with Crippen molar-refractivity contribution < 1.29 is 23.9 Å². The molecular weight excluding hydrogens is 550 g/mol. The molecule has 0 unspecified atom stereocenters. The first-order valence-corrected chi connectivity index (χ1v) is 14.1. The Labute approximate surface area is 249 Å². The fourth-order valence-corrected chi connectivity index (χ4v) is 5.22. The summed E-state index contributed by atoms with van der Waals surface area (Å²) in [5.74, 6) is -0.691. The lowest BCUT2D eigenvalue weighted by Gasteiger charge is -2.21. The maximum absolute atomic E-state index is 12.9. The van der Waals surface area contributed by atoms with Crippen LogP contribution in [-0.4, -0.2) is 70.3 Å². The molecule has 3 aromatic heterocycles. The fraction of sp³-hybridized carbons (Fsp3) is 0.323. The summed E-state index contributed by atoms with van der Waals surface area (Å²) >= 11 is 0. The topological polar surface area (TPSA) is 153 Å². The maximum atomic E-state index is 12.9. The van der Waals surface area contributed by atoms with Gasteiger partial charge in [-0.3, -0.25) is 14.6 Å². The highest BCUT2D eigenvalue weighted by molar-refractivity contribution is 6.02. The van der Waals surface area contributed by atoms with Gasteiger partial charge in [0.1, 0.15) is 13.2 Å². The average molecular weight is 586 g/mol. The van der Waals surface area contributed by atoms with E-state index in [1.54, 1.807) is 15.6 Å². The number of ether oxygens (including phenoxy) is 2. The SMILES string of the molecule is CC[C@H]1CN(C(=O)OCc2ccccc2)C[C@H]1Nc1c(C(N)=O)cnn2cc(-c3ccc(CNC(=O)COC)nc3)cc12. The Kier molecular flexibility index (Phi) is 9.16. The van der Waals surface area contributed by atoms with E-state index in [2.05, 4.69) is 27.6 Å². The number of nitrogens with two attached hydrogens (primary N) is 1.